The lowest BCUT2D eigenvalue weighted by Gasteiger charge is -2.39. The van der Waals surface area contributed by atoms with Gasteiger partial charge in [0.15, 0.2) is 0 Å². The van der Waals surface area contributed by atoms with E-state index in [9.17, 15) is 9.59 Å². The molecule has 2 aliphatic heterocycles. The maximum atomic E-state index is 12.4. The first-order valence-electron chi connectivity index (χ1n) is 7.77. The molecule has 3 unspecified atom stereocenters. The Hall–Kier alpha value is -1.10. The van der Waals surface area contributed by atoms with Crippen LogP contribution in [-0.4, -0.2) is 46.6 Å². The molecule has 2 N–H and O–H groups in total. The molecule has 1 amide bonds. The van der Waals surface area contributed by atoms with E-state index in [4.69, 9.17) is 5.11 Å². The molecule has 0 aromatic rings. The number of carboxylic acids is 1. The van der Waals surface area contributed by atoms with Gasteiger partial charge in [0, 0.05) is 24.5 Å². The molecule has 2 saturated heterocycles. The average Bonchev–Trinajstić information content (AvgIpc) is 2.66. The molecule has 20 heavy (non-hydrogen) atoms. The number of fused-ring (bicyclic) bond motifs is 2. The van der Waals surface area contributed by atoms with Crippen molar-refractivity contribution >= 4 is 11.9 Å². The largest absolute Gasteiger partial charge is 0.481 e. The van der Waals surface area contributed by atoms with E-state index in [1.807, 2.05) is 4.90 Å². The SMILES string of the molecule is CCC(C)NCC(=O)N1C2CCC1CC(CC(=O)O)C2. The van der Waals surface area contributed by atoms with E-state index >= 15 is 0 Å². The minimum Gasteiger partial charge on any atom is -0.481 e. The number of aliphatic carboxylic acids is 1. The summed E-state index contributed by atoms with van der Waals surface area (Å²) in [7, 11) is 0. The Labute approximate surface area is 120 Å². The number of amides is 1. The van der Waals surface area contributed by atoms with Gasteiger partial charge in [0.1, 0.15) is 0 Å². The summed E-state index contributed by atoms with van der Waals surface area (Å²) in [6.45, 7) is 4.59. The Morgan fingerprint density at radius 2 is 1.90 bits per heavy atom. The number of nitrogens with one attached hydrogen (secondary N) is 1. The van der Waals surface area contributed by atoms with Gasteiger partial charge in [0.2, 0.25) is 5.91 Å². The maximum absolute atomic E-state index is 12.4. The highest BCUT2D eigenvalue weighted by molar-refractivity contribution is 5.79. The third kappa shape index (κ3) is 3.51. The summed E-state index contributed by atoms with van der Waals surface area (Å²) in [6.07, 6.45) is 5.06. The van der Waals surface area contributed by atoms with Crippen molar-refractivity contribution in [3.8, 4) is 0 Å². The zero-order chi connectivity index (χ0) is 14.7. The maximum Gasteiger partial charge on any atom is 0.303 e. The van der Waals surface area contributed by atoms with E-state index in [0.29, 0.717) is 12.6 Å². The van der Waals surface area contributed by atoms with Crippen LogP contribution in [0.25, 0.3) is 0 Å². The van der Waals surface area contributed by atoms with Crippen LogP contribution in [0, 0.1) is 5.92 Å². The standard InChI is InChI=1S/C15H26N2O3/c1-3-10(2)16-9-14(18)17-12-4-5-13(17)7-11(6-12)8-15(19)20/h10-13,16H,3-9H2,1-2H3,(H,19,20). The van der Waals surface area contributed by atoms with E-state index in [1.54, 1.807) is 0 Å². The minimum absolute atomic E-state index is 0.187. The molecule has 5 nitrogen and oxygen atoms in total. The fraction of sp³-hybridized carbons (Fsp3) is 0.867. The van der Waals surface area contributed by atoms with Crippen molar-refractivity contribution in [2.75, 3.05) is 6.54 Å². The lowest BCUT2D eigenvalue weighted by molar-refractivity contribution is -0.139. The van der Waals surface area contributed by atoms with Crippen LogP contribution in [0.15, 0.2) is 0 Å². The van der Waals surface area contributed by atoms with Crippen molar-refractivity contribution in [2.24, 2.45) is 5.92 Å². The number of hydrogen-bond donors (Lipinski definition) is 2. The first-order valence-corrected chi connectivity index (χ1v) is 7.77. The quantitative estimate of drug-likeness (QED) is 0.776. The molecular weight excluding hydrogens is 256 g/mol. The van der Waals surface area contributed by atoms with Gasteiger partial charge >= 0.3 is 5.97 Å². The van der Waals surface area contributed by atoms with Crippen molar-refractivity contribution in [1.29, 1.82) is 0 Å². The van der Waals surface area contributed by atoms with Crippen LogP contribution < -0.4 is 5.32 Å². The second-order valence-electron chi connectivity index (χ2n) is 6.31. The van der Waals surface area contributed by atoms with E-state index in [2.05, 4.69) is 19.2 Å². The van der Waals surface area contributed by atoms with Crippen LogP contribution >= 0.6 is 0 Å². The summed E-state index contributed by atoms with van der Waals surface area (Å²) in [6, 6.07) is 0.898. The van der Waals surface area contributed by atoms with Gasteiger partial charge in [-0.2, -0.15) is 0 Å². The zero-order valence-corrected chi connectivity index (χ0v) is 12.5. The molecule has 0 spiro atoms. The Balaban J connectivity index is 1.88. The third-order valence-electron chi connectivity index (χ3n) is 4.80. The van der Waals surface area contributed by atoms with Gasteiger partial charge < -0.3 is 15.3 Å². The van der Waals surface area contributed by atoms with Crippen LogP contribution in [0.3, 0.4) is 0 Å². The third-order valence-corrected chi connectivity index (χ3v) is 4.80. The molecule has 2 fully saturated rings. The lowest BCUT2D eigenvalue weighted by Crippen LogP contribution is -2.50. The Kier molecular flexibility index (Phi) is 5.02. The van der Waals surface area contributed by atoms with Crippen LogP contribution in [-0.2, 0) is 9.59 Å². The van der Waals surface area contributed by atoms with Gasteiger partial charge in [-0.3, -0.25) is 9.59 Å². The van der Waals surface area contributed by atoms with Crippen LogP contribution in [0.2, 0.25) is 0 Å². The molecule has 3 atom stereocenters. The number of carboxylic acid groups (broad SMARTS) is 1. The molecule has 2 heterocycles. The second-order valence-corrected chi connectivity index (χ2v) is 6.31. The summed E-state index contributed by atoms with van der Waals surface area (Å²) in [5.41, 5.74) is 0. The highest BCUT2D eigenvalue weighted by atomic mass is 16.4. The highest BCUT2D eigenvalue weighted by Crippen LogP contribution is 2.39. The lowest BCUT2D eigenvalue weighted by atomic mass is 9.88. The van der Waals surface area contributed by atoms with Crippen molar-refractivity contribution in [3.05, 3.63) is 0 Å². The fourth-order valence-electron chi connectivity index (χ4n) is 3.61. The predicted octanol–water partition coefficient (Wildman–Crippen LogP) is 1.62. The Bertz CT molecular complexity index is 358. The summed E-state index contributed by atoms with van der Waals surface area (Å²) in [5, 5.41) is 12.2. The van der Waals surface area contributed by atoms with Gasteiger partial charge in [-0.25, -0.2) is 0 Å². The molecule has 2 bridgehead atoms. The normalized spacial score (nSPS) is 30.3. The number of carbonyl (C=O) groups is 2. The molecule has 0 radical (unpaired) electrons. The zero-order valence-electron chi connectivity index (χ0n) is 12.5. The van der Waals surface area contributed by atoms with Crippen LogP contribution in [0.5, 0.6) is 0 Å². The first kappa shape index (κ1) is 15.3. The van der Waals surface area contributed by atoms with Crippen molar-refractivity contribution in [3.63, 3.8) is 0 Å². The monoisotopic (exact) mass is 282 g/mol. The number of nitrogens with zero attached hydrogens (tertiary/aromatic N) is 1. The average molecular weight is 282 g/mol. The van der Waals surface area contributed by atoms with Crippen molar-refractivity contribution in [1.82, 2.24) is 10.2 Å². The summed E-state index contributed by atoms with van der Waals surface area (Å²) >= 11 is 0. The first-order chi connectivity index (χ1) is 9.51. The molecule has 114 valence electrons. The topological polar surface area (TPSA) is 69.6 Å². The Morgan fingerprint density at radius 3 is 2.40 bits per heavy atom. The smallest absolute Gasteiger partial charge is 0.303 e. The fourth-order valence-corrected chi connectivity index (χ4v) is 3.61. The van der Waals surface area contributed by atoms with Gasteiger partial charge in [-0.05, 0) is 44.9 Å². The van der Waals surface area contributed by atoms with Gasteiger partial charge in [0.05, 0.1) is 6.54 Å². The molecule has 0 aromatic carbocycles. The van der Waals surface area contributed by atoms with Crippen LogP contribution in [0.4, 0.5) is 0 Å². The number of carbonyl (C=O) groups excluding carboxylic acids is 1. The number of rotatable bonds is 6. The molecular formula is C15H26N2O3. The molecule has 0 saturated carbocycles. The van der Waals surface area contributed by atoms with Gasteiger partial charge in [0.25, 0.3) is 0 Å². The van der Waals surface area contributed by atoms with E-state index < -0.39 is 5.97 Å². The highest BCUT2D eigenvalue weighted by Gasteiger charge is 2.43. The molecule has 2 rings (SSSR count). The van der Waals surface area contributed by atoms with Crippen molar-refractivity contribution < 1.29 is 14.7 Å². The second kappa shape index (κ2) is 6.57. The van der Waals surface area contributed by atoms with Crippen molar-refractivity contribution in [2.45, 2.75) is 70.5 Å². The van der Waals surface area contributed by atoms with Gasteiger partial charge in [-0.15, -0.1) is 0 Å². The number of hydrogen-bond acceptors (Lipinski definition) is 3. The van der Waals surface area contributed by atoms with E-state index in [1.165, 1.54) is 0 Å². The molecule has 5 heteroatoms. The van der Waals surface area contributed by atoms with Gasteiger partial charge in [-0.1, -0.05) is 6.92 Å². The minimum atomic E-state index is -0.715. The van der Waals surface area contributed by atoms with Crippen LogP contribution in [0.1, 0.15) is 52.4 Å². The predicted molar refractivity (Wildman–Crippen MR) is 76.4 cm³/mol. The van der Waals surface area contributed by atoms with E-state index in [0.717, 1.165) is 32.1 Å². The summed E-state index contributed by atoms with van der Waals surface area (Å²) in [4.78, 5) is 25.2. The Morgan fingerprint density at radius 1 is 1.30 bits per heavy atom. The summed E-state index contributed by atoms with van der Waals surface area (Å²) < 4.78 is 0. The molecule has 0 aliphatic carbocycles. The molecule has 0 aromatic heterocycles. The number of piperidine rings is 1. The summed E-state index contributed by atoms with van der Waals surface area (Å²) in [5.74, 6) is -0.282. The molecule has 2 aliphatic rings. The van der Waals surface area contributed by atoms with E-state index in [-0.39, 0.29) is 30.3 Å².